The molecule has 1 saturated carbocycles. The Morgan fingerprint density at radius 1 is 1.32 bits per heavy atom. The zero-order valence-corrected chi connectivity index (χ0v) is 11.1. The molecule has 2 aromatic heterocycles. The normalized spacial score (nSPS) is 15.6. The molecule has 2 aromatic rings. The van der Waals surface area contributed by atoms with Crippen LogP contribution >= 0.6 is 11.6 Å². The number of hydrogen-bond acceptors (Lipinski definition) is 4. The third-order valence-corrected chi connectivity index (χ3v) is 3.70. The molecule has 0 aliphatic heterocycles. The van der Waals surface area contributed by atoms with Gasteiger partial charge in [-0.05, 0) is 25.0 Å². The number of hydrogen-bond donors (Lipinski definition) is 1. The molecule has 3 rings (SSSR count). The van der Waals surface area contributed by atoms with Crippen LogP contribution in [-0.4, -0.2) is 16.0 Å². The van der Waals surface area contributed by atoms with Crippen LogP contribution in [0.25, 0.3) is 10.8 Å². The Morgan fingerprint density at radius 2 is 2.11 bits per heavy atom. The van der Waals surface area contributed by atoms with Gasteiger partial charge in [-0.3, -0.25) is 0 Å². The van der Waals surface area contributed by atoms with Crippen LogP contribution in [0.2, 0.25) is 5.15 Å². The maximum atomic E-state index is 9.05. The Labute approximate surface area is 116 Å². The van der Waals surface area contributed by atoms with E-state index in [0.717, 1.165) is 29.4 Å². The SMILES string of the molecule is N#Cc1cc2cnc(Cl)cc2c(NC2CCCC2)n1. The number of nitrogens with one attached hydrogen (secondary N) is 1. The highest BCUT2D eigenvalue weighted by Crippen LogP contribution is 2.28. The van der Waals surface area contributed by atoms with E-state index >= 15 is 0 Å². The van der Waals surface area contributed by atoms with Crippen LogP contribution < -0.4 is 5.32 Å². The van der Waals surface area contributed by atoms with Crippen molar-refractivity contribution in [3.63, 3.8) is 0 Å². The molecule has 1 N–H and O–H groups in total. The van der Waals surface area contributed by atoms with Crippen molar-refractivity contribution in [3.8, 4) is 6.07 Å². The van der Waals surface area contributed by atoms with Crippen LogP contribution in [0.15, 0.2) is 18.3 Å². The predicted molar refractivity (Wildman–Crippen MR) is 75.1 cm³/mol. The number of halogens is 1. The molecule has 1 aliphatic carbocycles. The van der Waals surface area contributed by atoms with E-state index in [1.54, 1.807) is 18.3 Å². The summed E-state index contributed by atoms with van der Waals surface area (Å²) in [5, 5.41) is 14.7. The first-order chi connectivity index (χ1) is 9.26. The van der Waals surface area contributed by atoms with E-state index in [0.29, 0.717) is 16.9 Å². The molecule has 0 atom stereocenters. The fourth-order valence-corrected chi connectivity index (χ4v) is 2.71. The topological polar surface area (TPSA) is 61.6 Å². The lowest BCUT2D eigenvalue weighted by Crippen LogP contribution is -2.16. The van der Waals surface area contributed by atoms with E-state index in [1.165, 1.54) is 12.8 Å². The molecule has 96 valence electrons. The van der Waals surface area contributed by atoms with Gasteiger partial charge in [-0.25, -0.2) is 9.97 Å². The first-order valence-corrected chi connectivity index (χ1v) is 6.77. The van der Waals surface area contributed by atoms with Gasteiger partial charge >= 0.3 is 0 Å². The molecule has 1 fully saturated rings. The van der Waals surface area contributed by atoms with Crippen LogP contribution in [0.4, 0.5) is 5.82 Å². The zero-order chi connectivity index (χ0) is 13.2. The average molecular weight is 273 g/mol. The molecular weight excluding hydrogens is 260 g/mol. The molecule has 0 bridgehead atoms. The molecule has 1 aliphatic rings. The van der Waals surface area contributed by atoms with Crippen molar-refractivity contribution in [1.82, 2.24) is 9.97 Å². The molecule has 4 nitrogen and oxygen atoms in total. The average Bonchev–Trinajstić information content (AvgIpc) is 2.92. The molecule has 0 amide bonds. The fraction of sp³-hybridized carbons (Fsp3) is 0.357. The van der Waals surface area contributed by atoms with Gasteiger partial charge in [0.25, 0.3) is 0 Å². The number of aromatic nitrogens is 2. The third kappa shape index (κ3) is 2.47. The van der Waals surface area contributed by atoms with Crippen LogP contribution in [0.5, 0.6) is 0 Å². The highest BCUT2D eigenvalue weighted by molar-refractivity contribution is 6.30. The second-order valence-electron chi connectivity index (χ2n) is 4.82. The lowest BCUT2D eigenvalue weighted by Gasteiger charge is -2.14. The standard InChI is InChI=1S/C14H13ClN4/c15-13-6-12-9(8-17-13)5-11(7-16)19-14(12)18-10-3-1-2-4-10/h5-6,8,10H,1-4H2,(H,18,19). The van der Waals surface area contributed by atoms with Crippen LogP contribution in [0.3, 0.4) is 0 Å². The molecule has 2 heterocycles. The van der Waals surface area contributed by atoms with Gasteiger partial charge in [-0.1, -0.05) is 24.4 Å². The maximum Gasteiger partial charge on any atom is 0.143 e. The Bertz CT molecular complexity index is 656. The number of anilines is 1. The molecule has 0 aromatic carbocycles. The summed E-state index contributed by atoms with van der Waals surface area (Å²) in [6.07, 6.45) is 6.48. The van der Waals surface area contributed by atoms with Gasteiger partial charge < -0.3 is 5.32 Å². The summed E-state index contributed by atoms with van der Waals surface area (Å²) < 4.78 is 0. The molecular formula is C14H13ClN4. The monoisotopic (exact) mass is 272 g/mol. The number of nitrogens with zero attached hydrogens (tertiary/aromatic N) is 3. The first-order valence-electron chi connectivity index (χ1n) is 6.39. The Kier molecular flexibility index (Phi) is 3.22. The molecule has 0 saturated heterocycles. The number of rotatable bonds is 2. The van der Waals surface area contributed by atoms with E-state index in [4.69, 9.17) is 16.9 Å². The predicted octanol–water partition coefficient (Wildman–Crippen LogP) is 3.51. The maximum absolute atomic E-state index is 9.05. The minimum Gasteiger partial charge on any atom is -0.367 e. The first kappa shape index (κ1) is 12.2. The molecule has 0 unspecified atom stereocenters. The van der Waals surface area contributed by atoms with E-state index in [-0.39, 0.29) is 0 Å². The third-order valence-electron chi connectivity index (χ3n) is 3.49. The Morgan fingerprint density at radius 3 is 2.84 bits per heavy atom. The van der Waals surface area contributed by atoms with Crippen LogP contribution in [0, 0.1) is 11.3 Å². The lowest BCUT2D eigenvalue weighted by atomic mass is 10.1. The van der Waals surface area contributed by atoms with Crippen molar-refractivity contribution in [1.29, 1.82) is 5.26 Å². The van der Waals surface area contributed by atoms with Crippen molar-refractivity contribution < 1.29 is 0 Å². The van der Waals surface area contributed by atoms with Crippen molar-refractivity contribution in [2.24, 2.45) is 0 Å². The summed E-state index contributed by atoms with van der Waals surface area (Å²) in [7, 11) is 0. The Hall–Kier alpha value is -1.86. The second-order valence-corrected chi connectivity index (χ2v) is 5.21. The molecule has 5 heteroatoms. The summed E-state index contributed by atoms with van der Waals surface area (Å²) >= 11 is 5.95. The van der Waals surface area contributed by atoms with Crippen LogP contribution in [0.1, 0.15) is 31.4 Å². The van der Waals surface area contributed by atoms with Gasteiger partial charge in [0, 0.05) is 23.0 Å². The number of fused-ring (bicyclic) bond motifs is 1. The van der Waals surface area contributed by atoms with Gasteiger partial charge in [-0.15, -0.1) is 0 Å². The smallest absolute Gasteiger partial charge is 0.143 e. The van der Waals surface area contributed by atoms with Crippen molar-refractivity contribution >= 4 is 28.2 Å². The minimum absolute atomic E-state index is 0.400. The highest BCUT2D eigenvalue weighted by atomic mass is 35.5. The fourth-order valence-electron chi connectivity index (χ4n) is 2.55. The van der Waals surface area contributed by atoms with Crippen LogP contribution in [-0.2, 0) is 0 Å². The lowest BCUT2D eigenvalue weighted by molar-refractivity contribution is 0.752. The summed E-state index contributed by atoms with van der Waals surface area (Å²) in [5.74, 6) is 0.741. The largest absolute Gasteiger partial charge is 0.367 e. The quantitative estimate of drug-likeness (QED) is 0.850. The molecule has 0 radical (unpaired) electrons. The second kappa shape index (κ2) is 5.02. The van der Waals surface area contributed by atoms with Crippen molar-refractivity contribution in [2.75, 3.05) is 5.32 Å². The number of pyridine rings is 2. The van der Waals surface area contributed by atoms with Gasteiger partial charge in [0.1, 0.15) is 22.7 Å². The zero-order valence-electron chi connectivity index (χ0n) is 10.4. The van der Waals surface area contributed by atoms with E-state index < -0.39 is 0 Å². The van der Waals surface area contributed by atoms with Gasteiger partial charge in [0.2, 0.25) is 0 Å². The van der Waals surface area contributed by atoms with E-state index in [1.807, 2.05) is 0 Å². The van der Waals surface area contributed by atoms with E-state index in [2.05, 4.69) is 21.4 Å². The molecule has 0 spiro atoms. The van der Waals surface area contributed by atoms with Gasteiger partial charge in [0.15, 0.2) is 0 Å². The minimum atomic E-state index is 0.400. The van der Waals surface area contributed by atoms with Gasteiger partial charge in [0.05, 0.1) is 0 Å². The van der Waals surface area contributed by atoms with Crippen molar-refractivity contribution in [2.45, 2.75) is 31.7 Å². The summed E-state index contributed by atoms with van der Waals surface area (Å²) in [6, 6.07) is 6.06. The van der Waals surface area contributed by atoms with Gasteiger partial charge in [-0.2, -0.15) is 5.26 Å². The number of nitriles is 1. The van der Waals surface area contributed by atoms with Crippen molar-refractivity contribution in [3.05, 3.63) is 29.2 Å². The summed E-state index contributed by atoms with van der Waals surface area (Å²) in [6.45, 7) is 0. The Balaban J connectivity index is 2.08. The highest BCUT2D eigenvalue weighted by Gasteiger charge is 2.17. The summed E-state index contributed by atoms with van der Waals surface area (Å²) in [5.41, 5.74) is 0.400. The summed E-state index contributed by atoms with van der Waals surface area (Å²) in [4.78, 5) is 8.42. The molecule has 19 heavy (non-hydrogen) atoms. The van der Waals surface area contributed by atoms with E-state index in [9.17, 15) is 0 Å².